The lowest BCUT2D eigenvalue weighted by atomic mass is 9.79. The van der Waals surface area contributed by atoms with Crippen molar-refractivity contribution in [3.63, 3.8) is 0 Å². The zero-order chi connectivity index (χ0) is 36.9. The summed E-state index contributed by atoms with van der Waals surface area (Å²) in [6.07, 6.45) is 0. The van der Waals surface area contributed by atoms with Crippen LogP contribution in [0.3, 0.4) is 0 Å². The molecule has 0 N–H and O–H groups in total. The van der Waals surface area contributed by atoms with Gasteiger partial charge in [0, 0.05) is 39.5 Å². The maximum Gasteiger partial charge on any atom is 0.0468 e. The highest BCUT2D eigenvalue weighted by Crippen LogP contribution is 2.56. The van der Waals surface area contributed by atoms with E-state index in [4.69, 9.17) is 0 Å². The van der Waals surface area contributed by atoms with E-state index in [0.29, 0.717) is 0 Å². The largest absolute Gasteiger partial charge is 0.310 e. The maximum absolute atomic E-state index is 2.44. The monoisotopic (exact) mass is 704 g/mol. The molecule has 262 valence electrons. The lowest BCUT2D eigenvalue weighted by Gasteiger charge is -2.29. The predicted molar refractivity (Wildman–Crippen MR) is 234 cm³/mol. The van der Waals surface area contributed by atoms with Crippen LogP contribution in [0.15, 0.2) is 206 Å². The quantitative estimate of drug-likeness (QED) is 0.152. The molecular weight excluding hydrogens is 665 g/mol. The SMILES string of the molecule is CC1(C)c2cc(N(c3ccccc3)c3ccc(-c4ccccc4)cc3)ccc2-c2c1c1ccc(N(c3ccccc3)c3ccccc3)cc1c1ccccc21. The average Bonchev–Trinajstić information content (AvgIpc) is 3.49. The van der Waals surface area contributed by atoms with E-state index in [-0.39, 0.29) is 5.41 Å². The van der Waals surface area contributed by atoms with Crippen molar-refractivity contribution in [2.45, 2.75) is 19.3 Å². The number of para-hydroxylation sites is 3. The van der Waals surface area contributed by atoms with Crippen LogP contribution in [0.4, 0.5) is 34.1 Å². The number of nitrogens with zero attached hydrogens (tertiary/aromatic N) is 2. The summed E-state index contributed by atoms with van der Waals surface area (Å²) in [6.45, 7) is 4.82. The van der Waals surface area contributed by atoms with Gasteiger partial charge in [-0.3, -0.25) is 0 Å². The number of hydrogen-bond acceptors (Lipinski definition) is 2. The standard InChI is InChI=1S/C53H40N2/c1-53(2)50-36-44(55(41-23-13-6-14-24-41)42-29-27-38(28-30-42)37-17-7-3-8-18-37)32-34-48(50)51-46-26-16-15-25-45(46)49-35-43(31-33-47(49)52(51)53)54(39-19-9-4-10-20-39)40-21-11-5-12-22-40/h3-36H,1-2H3. The maximum atomic E-state index is 2.44. The molecule has 0 spiro atoms. The normalized spacial score (nSPS) is 12.7. The van der Waals surface area contributed by atoms with Gasteiger partial charge in [-0.1, -0.05) is 147 Å². The van der Waals surface area contributed by atoms with E-state index in [1.807, 2.05) is 0 Å². The molecule has 55 heavy (non-hydrogen) atoms. The minimum atomic E-state index is -0.247. The van der Waals surface area contributed by atoms with Crippen LogP contribution in [0.5, 0.6) is 0 Å². The van der Waals surface area contributed by atoms with Gasteiger partial charge in [-0.2, -0.15) is 0 Å². The van der Waals surface area contributed by atoms with Crippen LogP contribution in [-0.2, 0) is 5.41 Å². The van der Waals surface area contributed by atoms with Crippen molar-refractivity contribution in [1.82, 2.24) is 0 Å². The van der Waals surface area contributed by atoms with Crippen LogP contribution in [0.25, 0.3) is 43.8 Å². The minimum absolute atomic E-state index is 0.247. The summed E-state index contributed by atoms with van der Waals surface area (Å²) in [5.74, 6) is 0. The summed E-state index contributed by atoms with van der Waals surface area (Å²) in [6, 6.07) is 74.8. The van der Waals surface area contributed by atoms with E-state index in [1.54, 1.807) is 0 Å². The molecule has 0 bridgehead atoms. The molecule has 0 saturated heterocycles. The average molecular weight is 705 g/mol. The number of fused-ring (bicyclic) bond motifs is 8. The van der Waals surface area contributed by atoms with Crippen molar-refractivity contribution >= 4 is 55.7 Å². The van der Waals surface area contributed by atoms with E-state index in [2.05, 4.69) is 230 Å². The van der Waals surface area contributed by atoms with E-state index >= 15 is 0 Å². The van der Waals surface area contributed by atoms with Crippen LogP contribution in [0, 0.1) is 0 Å². The van der Waals surface area contributed by atoms with Crippen LogP contribution < -0.4 is 9.80 Å². The summed E-state index contributed by atoms with van der Waals surface area (Å²) in [5.41, 5.74) is 14.4. The third kappa shape index (κ3) is 5.49. The first-order valence-electron chi connectivity index (χ1n) is 19.1. The Kier molecular flexibility index (Phi) is 7.85. The Labute approximate surface area is 323 Å². The van der Waals surface area contributed by atoms with Crippen molar-refractivity contribution in [3.8, 4) is 22.3 Å². The lowest BCUT2D eigenvalue weighted by molar-refractivity contribution is 0.666. The zero-order valence-electron chi connectivity index (χ0n) is 31.0. The zero-order valence-corrected chi connectivity index (χ0v) is 31.0. The fourth-order valence-corrected chi connectivity index (χ4v) is 8.85. The van der Waals surface area contributed by atoms with Crippen molar-refractivity contribution in [3.05, 3.63) is 217 Å². The molecule has 0 saturated carbocycles. The van der Waals surface area contributed by atoms with E-state index < -0.39 is 0 Å². The first kappa shape index (κ1) is 32.7. The molecule has 1 aliphatic rings. The molecule has 2 heteroatoms. The van der Waals surface area contributed by atoms with Gasteiger partial charge in [0.1, 0.15) is 0 Å². The highest BCUT2D eigenvalue weighted by molar-refractivity contribution is 6.19. The molecule has 2 nitrogen and oxygen atoms in total. The third-order valence-electron chi connectivity index (χ3n) is 11.4. The lowest BCUT2D eigenvalue weighted by Crippen LogP contribution is -2.17. The first-order valence-corrected chi connectivity index (χ1v) is 19.1. The molecule has 0 fully saturated rings. The molecule has 0 aromatic heterocycles. The molecule has 1 aliphatic carbocycles. The second-order valence-electron chi connectivity index (χ2n) is 15.0. The Bertz CT molecular complexity index is 2770. The molecular formula is C53H40N2. The number of anilines is 6. The summed E-state index contributed by atoms with van der Waals surface area (Å²) in [4.78, 5) is 4.75. The molecule has 9 aromatic rings. The van der Waals surface area contributed by atoms with E-state index in [0.717, 1.165) is 34.1 Å². The second-order valence-corrected chi connectivity index (χ2v) is 15.0. The molecule has 9 aromatic carbocycles. The fourth-order valence-electron chi connectivity index (χ4n) is 8.85. The second kappa shape index (κ2) is 13.2. The topological polar surface area (TPSA) is 6.48 Å². The Balaban J connectivity index is 1.14. The van der Waals surface area contributed by atoms with Gasteiger partial charge in [0.05, 0.1) is 0 Å². The predicted octanol–water partition coefficient (Wildman–Crippen LogP) is 14.9. The van der Waals surface area contributed by atoms with Gasteiger partial charge in [-0.25, -0.2) is 0 Å². The summed E-state index contributed by atoms with van der Waals surface area (Å²) < 4.78 is 0. The molecule has 0 radical (unpaired) electrons. The van der Waals surface area contributed by atoms with Gasteiger partial charge in [0.15, 0.2) is 0 Å². The summed E-state index contributed by atoms with van der Waals surface area (Å²) in [7, 11) is 0. The molecule has 0 amide bonds. The van der Waals surface area contributed by atoms with Crippen molar-refractivity contribution in [1.29, 1.82) is 0 Å². The first-order chi connectivity index (χ1) is 27.1. The van der Waals surface area contributed by atoms with Gasteiger partial charge in [-0.05, 0) is 128 Å². The highest BCUT2D eigenvalue weighted by atomic mass is 15.1. The number of rotatable bonds is 7. The van der Waals surface area contributed by atoms with Gasteiger partial charge in [0.2, 0.25) is 0 Å². The number of hydrogen-bond donors (Lipinski definition) is 0. The summed E-state index contributed by atoms with van der Waals surface area (Å²) >= 11 is 0. The van der Waals surface area contributed by atoms with E-state index in [9.17, 15) is 0 Å². The molecule has 10 rings (SSSR count). The molecule has 0 unspecified atom stereocenters. The molecule has 0 aliphatic heterocycles. The highest BCUT2D eigenvalue weighted by Gasteiger charge is 2.39. The van der Waals surface area contributed by atoms with Gasteiger partial charge >= 0.3 is 0 Å². The Morgan fingerprint density at radius 1 is 0.327 bits per heavy atom. The fraction of sp³-hybridized carbons (Fsp3) is 0.0566. The Morgan fingerprint density at radius 2 is 0.764 bits per heavy atom. The number of benzene rings is 9. The van der Waals surface area contributed by atoms with Gasteiger partial charge in [0.25, 0.3) is 0 Å². The summed E-state index contributed by atoms with van der Waals surface area (Å²) in [5, 5.41) is 5.15. The molecule has 0 heterocycles. The third-order valence-corrected chi connectivity index (χ3v) is 11.4. The molecule has 0 atom stereocenters. The van der Waals surface area contributed by atoms with Gasteiger partial charge in [-0.15, -0.1) is 0 Å². The van der Waals surface area contributed by atoms with Crippen LogP contribution in [-0.4, -0.2) is 0 Å². The Hall–Kier alpha value is -6.90. The smallest absolute Gasteiger partial charge is 0.0468 e. The van der Waals surface area contributed by atoms with Crippen LogP contribution in [0.1, 0.15) is 25.0 Å². The van der Waals surface area contributed by atoms with Crippen molar-refractivity contribution < 1.29 is 0 Å². The Morgan fingerprint density at radius 3 is 1.35 bits per heavy atom. The van der Waals surface area contributed by atoms with Crippen LogP contribution >= 0.6 is 0 Å². The van der Waals surface area contributed by atoms with E-state index in [1.165, 1.54) is 54.9 Å². The van der Waals surface area contributed by atoms with Crippen LogP contribution in [0.2, 0.25) is 0 Å². The van der Waals surface area contributed by atoms with Gasteiger partial charge < -0.3 is 9.80 Å². The van der Waals surface area contributed by atoms with Crippen molar-refractivity contribution in [2.75, 3.05) is 9.80 Å². The minimum Gasteiger partial charge on any atom is -0.310 e. The van der Waals surface area contributed by atoms with Crippen molar-refractivity contribution in [2.24, 2.45) is 0 Å².